The number of hydrogen-bond acceptors (Lipinski definition) is 3. The highest BCUT2D eigenvalue weighted by molar-refractivity contribution is 7.13. The van der Waals surface area contributed by atoms with Crippen molar-refractivity contribution in [2.24, 2.45) is 7.05 Å². The molecule has 3 rings (SSSR count). The largest absolute Gasteiger partial charge is 0.462 e. The Balaban J connectivity index is 2.41. The molecule has 114 valence electrons. The molecule has 4 heteroatoms. The third kappa shape index (κ3) is 2.24. The molecule has 0 atom stereocenters. The van der Waals surface area contributed by atoms with Gasteiger partial charge in [0.1, 0.15) is 0 Å². The Labute approximate surface area is 134 Å². The monoisotopic (exact) mass is 313 g/mol. The number of aromatic nitrogens is 1. The molecule has 0 unspecified atom stereocenters. The Morgan fingerprint density at radius 2 is 2.09 bits per heavy atom. The second-order valence-electron chi connectivity index (χ2n) is 5.42. The Morgan fingerprint density at radius 3 is 2.73 bits per heavy atom. The third-order valence-electron chi connectivity index (χ3n) is 4.03. The second-order valence-corrected chi connectivity index (χ2v) is 6.37. The van der Waals surface area contributed by atoms with E-state index < -0.39 is 0 Å². The number of ether oxygens (including phenoxy) is 1. The van der Waals surface area contributed by atoms with Crippen LogP contribution in [0.5, 0.6) is 0 Å². The van der Waals surface area contributed by atoms with Gasteiger partial charge in [0.15, 0.2) is 0 Å². The number of carbonyl (C=O) groups excluding carboxylic acids is 1. The highest BCUT2D eigenvalue weighted by Crippen LogP contribution is 2.38. The molecule has 0 aliphatic heterocycles. The maximum absolute atomic E-state index is 12.5. The van der Waals surface area contributed by atoms with Crippen molar-refractivity contribution in [1.82, 2.24) is 4.57 Å². The number of benzene rings is 1. The predicted octanol–water partition coefficient (Wildman–Crippen LogP) is 4.70. The lowest BCUT2D eigenvalue weighted by atomic mass is 9.96. The molecule has 0 fully saturated rings. The van der Waals surface area contributed by atoms with Crippen LogP contribution >= 0.6 is 11.3 Å². The van der Waals surface area contributed by atoms with E-state index in [2.05, 4.69) is 36.7 Å². The number of rotatable bonds is 3. The Kier molecular flexibility index (Phi) is 3.79. The van der Waals surface area contributed by atoms with E-state index in [4.69, 9.17) is 4.74 Å². The van der Waals surface area contributed by atoms with Crippen LogP contribution in [0.1, 0.15) is 28.5 Å². The summed E-state index contributed by atoms with van der Waals surface area (Å²) >= 11 is 1.65. The smallest absolute Gasteiger partial charge is 0.339 e. The summed E-state index contributed by atoms with van der Waals surface area (Å²) in [7, 11) is 2.05. The van der Waals surface area contributed by atoms with Crippen molar-refractivity contribution in [3.63, 3.8) is 0 Å². The summed E-state index contributed by atoms with van der Waals surface area (Å²) in [5.74, 6) is -0.244. The van der Waals surface area contributed by atoms with Crippen molar-refractivity contribution in [2.45, 2.75) is 20.8 Å². The van der Waals surface area contributed by atoms with Crippen molar-refractivity contribution in [2.75, 3.05) is 6.61 Å². The van der Waals surface area contributed by atoms with Gasteiger partial charge in [-0.2, -0.15) is 0 Å². The SMILES string of the molecule is CCOC(=O)c1c(C)cc2c(cc(C)n2C)c1-c1cccs1. The standard InChI is InChI=1S/C18H19NO2S/c1-5-21-18(20)16-11(2)9-14-13(10-12(3)19(14)4)17(16)15-7-6-8-22-15/h6-10H,5H2,1-4H3. The van der Waals surface area contributed by atoms with Crippen molar-refractivity contribution in [1.29, 1.82) is 0 Å². The average Bonchev–Trinajstić information content (AvgIpc) is 3.09. The van der Waals surface area contributed by atoms with Crippen molar-refractivity contribution >= 4 is 28.2 Å². The van der Waals surface area contributed by atoms with Gasteiger partial charge in [-0.3, -0.25) is 0 Å². The molecule has 2 aromatic heterocycles. The molecular formula is C18H19NO2S. The Bertz CT molecular complexity index is 844. The minimum Gasteiger partial charge on any atom is -0.462 e. The molecule has 2 heterocycles. The Morgan fingerprint density at radius 1 is 1.32 bits per heavy atom. The summed E-state index contributed by atoms with van der Waals surface area (Å²) in [6.07, 6.45) is 0. The summed E-state index contributed by atoms with van der Waals surface area (Å²) in [5.41, 5.74) is 4.95. The average molecular weight is 313 g/mol. The molecule has 0 aliphatic rings. The fraction of sp³-hybridized carbons (Fsp3) is 0.278. The number of hydrogen-bond donors (Lipinski definition) is 0. The number of fused-ring (bicyclic) bond motifs is 1. The van der Waals surface area contributed by atoms with E-state index in [-0.39, 0.29) is 5.97 Å². The zero-order valence-electron chi connectivity index (χ0n) is 13.3. The van der Waals surface area contributed by atoms with Crippen molar-refractivity contribution in [3.8, 4) is 10.4 Å². The van der Waals surface area contributed by atoms with Crippen LogP contribution in [-0.4, -0.2) is 17.1 Å². The summed E-state index contributed by atoms with van der Waals surface area (Å²) in [5, 5.41) is 3.14. The number of esters is 1. The van der Waals surface area contributed by atoms with Gasteiger partial charge in [-0.1, -0.05) is 6.07 Å². The van der Waals surface area contributed by atoms with Crippen LogP contribution in [-0.2, 0) is 11.8 Å². The van der Waals surface area contributed by atoms with E-state index in [1.165, 1.54) is 5.69 Å². The van der Waals surface area contributed by atoms with E-state index in [1.807, 2.05) is 25.3 Å². The molecule has 0 bridgehead atoms. The minimum atomic E-state index is -0.244. The van der Waals surface area contributed by atoms with E-state index in [9.17, 15) is 4.79 Å². The first kappa shape index (κ1) is 14.9. The Hall–Kier alpha value is -2.07. The van der Waals surface area contributed by atoms with E-state index in [1.54, 1.807) is 11.3 Å². The molecule has 0 amide bonds. The highest BCUT2D eigenvalue weighted by Gasteiger charge is 2.22. The summed E-state index contributed by atoms with van der Waals surface area (Å²) < 4.78 is 7.45. The van der Waals surface area contributed by atoms with Crippen LogP contribution in [0.4, 0.5) is 0 Å². The molecule has 0 N–H and O–H groups in total. The van der Waals surface area contributed by atoms with Crippen LogP contribution in [0.2, 0.25) is 0 Å². The van der Waals surface area contributed by atoms with Gasteiger partial charge in [-0.15, -0.1) is 11.3 Å². The van der Waals surface area contributed by atoms with Crippen LogP contribution in [0.3, 0.4) is 0 Å². The van der Waals surface area contributed by atoms with Gasteiger partial charge in [-0.25, -0.2) is 4.79 Å². The molecule has 3 nitrogen and oxygen atoms in total. The lowest BCUT2D eigenvalue weighted by molar-refractivity contribution is 0.0526. The van der Waals surface area contributed by atoms with E-state index in [0.29, 0.717) is 12.2 Å². The molecule has 0 saturated heterocycles. The molecule has 1 aromatic carbocycles. The van der Waals surface area contributed by atoms with Gasteiger partial charge in [0, 0.05) is 34.1 Å². The topological polar surface area (TPSA) is 31.2 Å². The van der Waals surface area contributed by atoms with Gasteiger partial charge in [0.25, 0.3) is 0 Å². The number of nitrogens with zero attached hydrogens (tertiary/aromatic N) is 1. The summed E-state index contributed by atoms with van der Waals surface area (Å²) in [4.78, 5) is 13.6. The fourth-order valence-corrected chi connectivity index (χ4v) is 3.67. The first-order chi connectivity index (χ1) is 10.5. The third-order valence-corrected chi connectivity index (χ3v) is 4.92. The molecule has 0 spiro atoms. The molecule has 0 radical (unpaired) electrons. The zero-order valence-corrected chi connectivity index (χ0v) is 14.1. The molecule has 22 heavy (non-hydrogen) atoms. The molecular weight excluding hydrogens is 294 g/mol. The van der Waals surface area contributed by atoms with Crippen LogP contribution in [0.25, 0.3) is 21.3 Å². The maximum atomic E-state index is 12.5. The summed E-state index contributed by atoms with van der Waals surface area (Å²) in [6, 6.07) is 8.29. The van der Waals surface area contributed by atoms with Crippen molar-refractivity contribution in [3.05, 3.63) is 46.5 Å². The van der Waals surface area contributed by atoms with Gasteiger partial charge < -0.3 is 9.30 Å². The normalized spacial score (nSPS) is 11.1. The highest BCUT2D eigenvalue weighted by atomic mass is 32.1. The maximum Gasteiger partial charge on any atom is 0.339 e. The van der Waals surface area contributed by atoms with Crippen LogP contribution < -0.4 is 0 Å². The number of carbonyl (C=O) groups is 1. The fourth-order valence-electron chi connectivity index (χ4n) is 2.88. The van der Waals surface area contributed by atoms with Gasteiger partial charge in [-0.05, 0) is 49.9 Å². The van der Waals surface area contributed by atoms with E-state index >= 15 is 0 Å². The first-order valence-electron chi connectivity index (χ1n) is 7.35. The first-order valence-corrected chi connectivity index (χ1v) is 8.23. The predicted molar refractivity (Wildman–Crippen MR) is 91.7 cm³/mol. The second kappa shape index (κ2) is 5.61. The van der Waals surface area contributed by atoms with Crippen molar-refractivity contribution < 1.29 is 9.53 Å². The van der Waals surface area contributed by atoms with E-state index in [0.717, 1.165) is 26.9 Å². The minimum absolute atomic E-state index is 0.244. The van der Waals surface area contributed by atoms with Gasteiger partial charge >= 0.3 is 5.97 Å². The van der Waals surface area contributed by atoms with Crippen LogP contribution in [0, 0.1) is 13.8 Å². The quantitative estimate of drug-likeness (QED) is 0.656. The molecule has 3 aromatic rings. The molecule has 0 aliphatic carbocycles. The van der Waals surface area contributed by atoms with Gasteiger partial charge in [0.05, 0.1) is 12.2 Å². The summed E-state index contributed by atoms with van der Waals surface area (Å²) in [6.45, 7) is 6.28. The lowest BCUT2D eigenvalue weighted by Gasteiger charge is -2.13. The number of thiophene rings is 1. The zero-order chi connectivity index (χ0) is 15.9. The van der Waals surface area contributed by atoms with Crippen LogP contribution in [0.15, 0.2) is 29.6 Å². The molecule has 0 saturated carbocycles. The van der Waals surface area contributed by atoms with Gasteiger partial charge in [0.2, 0.25) is 0 Å². The lowest BCUT2D eigenvalue weighted by Crippen LogP contribution is -2.09. The number of aryl methyl sites for hydroxylation is 3.